The fourth-order valence-electron chi connectivity index (χ4n) is 3.04. The molecular weight excluding hydrogens is 377 g/mol. The molecule has 1 N–H and O–H groups in total. The molecule has 0 spiro atoms. The minimum Gasteiger partial charge on any atom is -0.491 e. The van der Waals surface area contributed by atoms with E-state index in [0.29, 0.717) is 13.0 Å². The molecule has 2 amide bonds. The minimum atomic E-state index is -3.19. The van der Waals surface area contributed by atoms with Crippen LogP contribution in [0, 0.1) is 5.82 Å². The summed E-state index contributed by atoms with van der Waals surface area (Å²) in [4.78, 5) is 24.5. The number of hydrogen-bond acceptors (Lipinski definition) is 6. The van der Waals surface area contributed by atoms with Gasteiger partial charge in [-0.1, -0.05) is 0 Å². The predicted octanol–water partition coefficient (Wildman–Crippen LogP) is 1.33. The monoisotopic (exact) mass is 397 g/mol. The summed E-state index contributed by atoms with van der Waals surface area (Å²) in [7, 11) is -3.19. The highest BCUT2D eigenvalue weighted by atomic mass is 32.2. The SMILES string of the molecule is CCOc1ccc(NC(=O)C2=NN([C@@H]3CCS(=O)(=O)C3)C(=O)CC2)cc1F. The third-order valence-corrected chi connectivity index (χ3v) is 6.12. The first kappa shape index (κ1) is 19.3. The van der Waals surface area contributed by atoms with Crippen LogP contribution in [-0.4, -0.2) is 55.1 Å². The van der Waals surface area contributed by atoms with Gasteiger partial charge in [-0.05, 0) is 25.5 Å². The van der Waals surface area contributed by atoms with Crippen molar-refractivity contribution in [1.82, 2.24) is 5.01 Å². The smallest absolute Gasteiger partial charge is 0.271 e. The van der Waals surface area contributed by atoms with Crippen molar-refractivity contribution in [2.45, 2.75) is 32.2 Å². The van der Waals surface area contributed by atoms with Crippen molar-refractivity contribution in [3.63, 3.8) is 0 Å². The molecule has 0 radical (unpaired) electrons. The number of amides is 2. The Morgan fingerprint density at radius 2 is 2.19 bits per heavy atom. The third kappa shape index (κ3) is 4.44. The number of hydrogen-bond donors (Lipinski definition) is 1. The van der Waals surface area contributed by atoms with Gasteiger partial charge in [0.1, 0.15) is 5.71 Å². The molecule has 0 saturated carbocycles. The van der Waals surface area contributed by atoms with Gasteiger partial charge in [-0.2, -0.15) is 5.10 Å². The molecule has 10 heteroatoms. The van der Waals surface area contributed by atoms with Crippen molar-refractivity contribution in [2.75, 3.05) is 23.4 Å². The summed E-state index contributed by atoms with van der Waals surface area (Å²) in [6.45, 7) is 2.05. The molecule has 1 saturated heterocycles. The Balaban J connectivity index is 1.73. The standard InChI is InChI=1S/C17H20FN3O5S/c1-2-26-15-5-3-11(9-13(15)18)19-17(23)14-4-6-16(22)21(20-14)12-7-8-27(24,25)10-12/h3,5,9,12H,2,4,6-8,10H2,1H3,(H,19,23)/t12-/m1/s1. The minimum absolute atomic E-state index is 0.00392. The van der Waals surface area contributed by atoms with Crippen LogP contribution in [0.5, 0.6) is 5.75 Å². The average molecular weight is 397 g/mol. The van der Waals surface area contributed by atoms with Crippen LogP contribution >= 0.6 is 0 Å². The van der Waals surface area contributed by atoms with Gasteiger partial charge in [0.15, 0.2) is 21.4 Å². The maximum absolute atomic E-state index is 13.9. The van der Waals surface area contributed by atoms with Gasteiger partial charge in [-0.3, -0.25) is 9.59 Å². The highest BCUT2D eigenvalue weighted by molar-refractivity contribution is 7.91. The van der Waals surface area contributed by atoms with Crippen LogP contribution in [0.1, 0.15) is 26.2 Å². The van der Waals surface area contributed by atoms with E-state index in [9.17, 15) is 22.4 Å². The van der Waals surface area contributed by atoms with E-state index in [1.54, 1.807) is 6.92 Å². The van der Waals surface area contributed by atoms with E-state index in [-0.39, 0.29) is 47.4 Å². The van der Waals surface area contributed by atoms with Crippen LogP contribution in [0.4, 0.5) is 10.1 Å². The fraction of sp³-hybridized carbons (Fsp3) is 0.471. The maximum Gasteiger partial charge on any atom is 0.271 e. The first-order valence-corrected chi connectivity index (χ1v) is 10.4. The average Bonchev–Trinajstić information content (AvgIpc) is 2.97. The first-order chi connectivity index (χ1) is 12.8. The lowest BCUT2D eigenvalue weighted by molar-refractivity contribution is -0.133. The number of carbonyl (C=O) groups is 2. The quantitative estimate of drug-likeness (QED) is 0.807. The van der Waals surface area contributed by atoms with Gasteiger partial charge in [-0.15, -0.1) is 0 Å². The number of sulfone groups is 1. The second-order valence-electron chi connectivity index (χ2n) is 6.37. The third-order valence-electron chi connectivity index (χ3n) is 4.37. The lowest BCUT2D eigenvalue weighted by atomic mass is 10.1. The van der Waals surface area contributed by atoms with Crippen LogP contribution in [-0.2, 0) is 19.4 Å². The molecule has 0 aliphatic carbocycles. The number of anilines is 1. The number of carbonyl (C=O) groups excluding carboxylic acids is 2. The van der Waals surface area contributed by atoms with Crippen molar-refractivity contribution in [3.8, 4) is 5.75 Å². The largest absolute Gasteiger partial charge is 0.491 e. The van der Waals surface area contributed by atoms with Crippen LogP contribution in [0.15, 0.2) is 23.3 Å². The second-order valence-corrected chi connectivity index (χ2v) is 8.60. The summed E-state index contributed by atoms with van der Waals surface area (Å²) >= 11 is 0. The van der Waals surface area contributed by atoms with Crippen molar-refractivity contribution < 1.29 is 27.1 Å². The molecule has 1 atom stereocenters. The summed E-state index contributed by atoms with van der Waals surface area (Å²) in [5, 5.41) is 7.74. The van der Waals surface area contributed by atoms with Crippen molar-refractivity contribution in [2.24, 2.45) is 5.10 Å². The number of nitrogens with zero attached hydrogens (tertiary/aromatic N) is 2. The molecule has 2 aliphatic rings. The zero-order valence-corrected chi connectivity index (χ0v) is 15.6. The number of halogens is 1. The summed E-state index contributed by atoms with van der Waals surface area (Å²) in [5.74, 6) is -1.53. The normalized spacial score (nSPS) is 21.7. The zero-order valence-electron chi connectivity index (χ0n) is 14.8. The van der Waals surface area contributed by atoms with E-state index in [0.717, 1.165) is 11.1 Å². The highest BCUT2D eigenvalue weighted by Crippen LogP contribution is 2.24. The highest BCUT2D eigenvalue weighted by Gasteiger charge is 2.37. The number of hydrazone groups is 1. The molecule has 0 aromatic heterocycles. The van der Waals surface area contributed by atoms with Gasteiger partial charge in [0.25, 0.3) is 5.91 Å². The Morgan fingerprint density at radius 3 is 2.81 bits per heavy atom. The van der Waals surface area contributed by atoms with Gasteiger partial charge in [0, 0.05) is 24.6 Å². The van der Waals surface area contributed by atoms with E-state index < -0.39 is 27.6 Å². The molecule has 2 aliphatic heterocycles. The van der Waals surface area contributed by atoms with E-state index in [1.807, 2.05) is 0 Å². The van der Waals surface area contributed by atoms with E-state index >= 15 is 0 Å². The maximum atomic E-state index is 13.9. The lowest BCUT2D eigenvalue weighted by Crippen LogP contribution is -2.42. The molecule has 27 heavy (non-hydrogen) atoms. The van der Waals surface area contributed by atoms with Crippen LogP contribution in [0.25, 0.3) is 0 Å². The Kier molecular flexibility index (Phi) is 5.45. The van der Waals surface area contributed by atoms with Crippen molar-refractivity contribution in [3.05, 3.63) is 24.0 Å². The van der Waals surface area contributed by atoms with Crippen molar-refractivity contribution >= 4 is 33.1 Å². The molecule has 1 fully saturated rings. The Hall–Kier alpha value is -2.49. The van der Waals surface area contributed by atoms with E-state index in [2.05, 4.69) is 10.4 Å². The lowest BCUT2D eigenvalue weighted by Gasteiger charge is -2.27. The molecular formula is C17H20FN3O5S. The molecule has 146 valence electrons. The summed E-state index contributed by atoms with van der Waals surface area (Å²) in [6, 6.07) is 3.50. The number of nitrogens with one attached hydrogen (secondary N) is 1. The fourth-order valence-corrected chi connectivity index (χ4v) is 4.73. The van der Waals surface area contributed by atoms with Crippen molar-refractivity contribution in [1.29, 1.82) is 0 Å². The van der Waals surface area contributed by atoms with Crippen LogP contribution < -0.4 is 10.1 Å². The Labute approximate surface area is 156 Å². The molecule has 0 bridgehead atoms. The summed E-state index contributed by atoms with van der Waals surface area (Å²) < 4.78 is 42.3. The number of rotatable bonds is 5. The Bertz CT molecular complexity index is 900. The second kappa shape index (κ2) is 7.63. The Morgan fingerprint density at radius 1 is 1.41 bits per heavy atom. The summed E-state index contributed by atoms with van der Waals surface area (Å²) in [5.41, 5.74) is 0.337. The van der Waals surface area contributed by atoms with Gasteiger partial charge >= 0.3 is 0 Å². The molecule has 0 unspecified atom stereocenters. The predicted molar refractivity (Wildman–Crippen MR) is 96.8 cm³/mol. The first-order valence-electron chi connectivity index (χ1n) is 8.62. The number of ether oxygens (including phenoxy) is 1. The molecule has 8 nitrogen and oxygen atoms in total. The van der Waals surface area contributed by atoms with Gasteiger partial charge in [0.05, 0.1) is 24.2 Å². The number of benzene rings is 1. The summed E-state index contributed by atoms with van der Waals surface area (Å²) in [6.07, 6.45) is 0.511. The van der Waals surface area contributed by atoms with E-state index in [4.69, 9.17) is 4.74 Å². The molecule has 3 rings (SSSR count). The van der Waals surface area contributed by atoms with Crippen LogP contribution in [0.2, 0.25) is 0 Å². The topological polar surface area (TPSA) is 105 Å². The van der Waals surface area contributed by atoms with Gasteiger partial charge in [0.2, 0.25) is 5.91 Å². The molecule has 1 aromatic rings. The van der Waals surface area contributed by atoms with Gasteiger partial charge in [-0.25, -0.2) is 17.8 Å². The van der Waals surface area contributed by atoms with Crippen LogP contribution in [0.3, 0.4) is 0 Å². The van der Waals surface area contributed by atoms with E-state index in [1.165, 1.54) is 12.1 Å². The molecule has 1 aromatic carbocycles. The molecule has 2 heterocycles. The zero-order chi connectivity index (χ0) is 19.6. The van der Waals surface area contributed by atoms with Gasteiger partial charge < -0.3 is 10.1 Å².